The van der Waals surface area contributed by atoms with E-state index in [1.165, 1.54) is 0 Å². The maximum atomic E-state index is 13.4. The van der Waals surface area contributed by atoms with Gasteiger partial charge in [-0.1, -0.05) is 36.4 Å². The molecule has 0 spiro atoms. The van der Waals surface area contributed by atoms with Crippen molar-refractivity contribution in [3.8, 4) is 22.8 Å². The average Bonchev–Trinajstić information content (AvgIpc) is 3.25. The summed E-state index contributed by atoms with van der Waals surface area (Å²) < 4.78 is 6.12. The minimum Gasteiger partial charge on any atom is -0.435 e. The van der Waals surface area contributed by atoms with Crippen LogP contribution in [0.25, 0.3) is 22.8 Å². The first kappa shape index (κ1) is 19.5. The standard InChI is InChI=1S/C25H23N3O2/c1-27(2)20-16-14-18(15-17-20)23-22(25(29)28(3)21-12-8-5-9-13-21)26-24(30-23)19-10-6-4-7-11-19/h4-17H,1-3H3. The van der Waals surface area contributed by atoms with Gasteiger partial charge in [0.05, 0.1) is 0 Å². The highest BCUT2D eigenvalue weighted by atomic mass is 16.4. The number of aromatic nitrogens is 1. The Hall–Kier alpha value is -3.86. The van der Waals surface area contributed by atoms with Crippen molar-refractivity contribution in [3.63, 3.8) is 0 Å². The Morgan fingerprint density at radius 2 is 1.33 bits per heavy atom. The molecule has 150 valence electrons. The molecule has 0 unspecified atom stereocenters. The number of hydrogen-bond acceptors (Lipinski definition) is 4. The van der Waals surface area contributed by atoms with E-state index >= 15 is 0 Å². The van der Waals surface area contributed by atoms with Gasteiger partial charge in [-0.15, -0.1) is 0 Å². The Labute approximate surface area is 176 Å². The molecule has 1 aromatic heterocycles. The molecule has 3 aromatic carbocycles. The summed E-state index contributed by atoms with van der Waals surface area (Å²) >= 11 is 0. The summed E-state index contributed by atoms with van der Waals surface area (Å²) in [5, 5.41) is 0. The van der Waals surface area contributed by atoms with Crippen molar-refractivity contribution in [2.24, 2.45) is 0 Å². The molecule has 0 saturated carbocycles. The lowest BCUT2D eigenvalue weighted by Gasteiger charge is -2.16. The zero-order valence-electron chi connectivity index (χ0n) is 17.2. The number of anilines is 2. The molecule has 0 aliphatic carbocycles. The average molecular weight is 397 g/mol. The van der Waals surface area contributed by atoms with E-state index in [0.717, 1.165) is 22.5 Å². The Bertz CT molecular complexity index is 1130. The van der Waals surface area contributed by atoms with Crippen molar-refractivity contribution in [2.75, 3.05) is 30.9 Å². The molecule has 0 radical (unpaired) electrons. The van der Waals surface area contributed by atoms with Crippen molar-refractivity contribution in [1.29, 1.82) is 0 Å². The lowest BCUT2D eigenvalue weighted by Crippen LogP contribution is -2.27. The quantitative estimate of drug-likeness (QED) is 0.455. The van der Waals surface area contributed by atoms with E-state index in [-0.39, 0.29) is 11.6 Å². The molecule has 0 saturated heterocycles. The molecule has 0 bridgehead atoms. The summed E-state index contributed by atoms with van der Waals surface area (Å²) in [4.78, 5) is 21.6. The fraction of sp³-hybridized carbons (Fsp3) is 0.120. The van der Waals surface area contributed by atoms with Crippen LogP contribution in [0.4, 0.5) is 11.4 Å². The summed E-state index contributed by atoms with van der Waals surface area (Å²) in [6.07, 6.45) is 0. The molecule has 0 aliphatic heterocycles. The molecular formula is C25H23N3O2. The summed E-state index contributed by atoms with van der Waals surface area (Å²) in [7, 11) is 5.72. The predicted molar refractivity (Wildman–Crippen MR) is 121 cm³/mol. The SMILES string of the molecule is CN(C)c1ccc(-c2oc(-c3ccccc3)nc2C(=O)N(C)c2ccccc2)cc1. The second kappa shape index (κ2) is 8.25. The number of carbonyl (C=O) groups excluding carboxylic acids is 1. The Balaban J connectivity index is 1.79. The second-order valence-corrected chi connectivity index (χ2v) is 7.20. The minimum absolute atomic E-state index is 0.223. The highest BCUT2D eigenvalue weighted by molar-refractivity contribution is 6.08. The number of oxazole rings is 1. The molecule has 5 heteroatoms. The summed E-state index contributed by atoms with van der Waals surface area (Å²) in [6.45, 7) is 0. The molecule has 1 heterocycles. The van der Waals surface area contributed by atoms with Gasteiger partial charge in [-0.2, -0.15) is 0 Å². The zero-order chi connectivity index (χ0) is 21.1. The second-order valence-electron chi connectivity index (χ2n) is 7.20. The molecule has 30 heavy (non-hydrogen) atoms. The monoisotopic (exact) mass is 397 g/mol. The van der Waals surface area contributed by atoms with Gasteiger partial charge in [-0.05, 0) is 48.5 Å². The van der Waals surface area contributed by atoms with Gasteiger partial charge >= 0.3 is 0 Å². The van der Waals surface area contributed by atoms with Crippen LogP contribution in [0, 0.1) is 0 Å². The van der Waals surface area contributed by atoms with Gasteiger partial charge in [0.25, 0.3) is 5.91 Å². The molecule has 0 fully saturated rings. The molecule has 4 aromatic rings. The smallest absolute Gasteiger partial charge is 0.280 e. The van der Waals surface area contributed by atoms with E-state index in [1.807, 2.05) is 104 Å². The number of nitrogens with zero attached hydrogens (tertiary/aromatic N) is 3. The van der Waals surface area contributed by atoms with E-state index in [4.69, 9.17) is 4.42 Å². The van der Waals surface area contributed by atoms with Gasteiger partial charge in [0, 0.05) is 43.6 Å². The van der Waals surface area contributed by atoms with Crippen LogP contribution in [0.5, 0.6) is 0 Å². The molecule has 4 rings (SSSR count). The Morgan fingerprint density at radius 1 is 0.733 bits per heavy atom. The molecule has 0 aliphatic rings. The van der Waals surface area contributed by atoms with Crippen LogP contribution in [0.1, 0.15) is 10.5 Å². The van der Waals surface area contributed by atoms with E-state index in [9.17, 15) is 4.79 Å². The maximum Gasteiger partial charge on any atom is 0.280 e. The molecular weight excluding hydrogens is 374 g/mol. The fourth-order valence-electron chi connectivity index (χ4n) is 3.20. The number of amides is 1. The van der Waals surface area contributed by atoms with Gasteiger partial charge in [-0.3, -0.25) is 4.79 Å². The molecule has 0 N–H and O–H groups in total. The summed E-state index contributed by atoms with van der Waals surface area (Å²) in [5.41, 5.74) is 3.78. The third-order valence-corrected chi connectivity index (χ3v) is 4.94. The first-order valence-electron chi connectivity index (χ1n) is 9.71. The highest BCUT2D eigenvalue weighted by Gasteiger charge is 2.25. The topological polar surface area (TPSA) is 49.6 Å². The fourth-order valence-corrected chi connectivity index (χ4v) is 3.20. The third-order valence-electron chi connectivity index (χ3n) is 4.94. The van der Waals surface area contributed by atoms with Crippen molar-refractivity contribution < 1.29 is 9.21 Å². The van der Waals surface area contributed by atoms with Crippen LogP contribution < -0.4 is 9.80 Å². The lowest BCUT2D eigenvalue weighted by molar-refractivity contribution is 0.0989. The number of hydrogen-bond donors (Lipinski definition) is 0. The molecule has 5 nitrogen and oxygen atoms in total. The van der Waals surface area contributed by atoms with Crippen LogP contribution >= 0.6 is 0 Å². The van der Waals surface area contributed by atoms with Gasteiger partial charge in [0.1, 0.15) is 0 Å². The first-order chi connectivity index (χ1) is 14.5. The third kappa shape index (κ3) is 3.82. The number of para-hydroxylation sites is 1. The largest absolute Gasteiger partial charge is 0.435 e. The number of carbonyl (C=O) groups is 1. The normalized spacial score (nSPS) is 10.6. The van der Waals surface area contributed by atoms with E-state index < -0.39 is 0 Å². The lowest BCUT2D eigenvalue weighted by atomic mass is 10.1. The zero-order valence-corrected chi connectivity index (χ0v) is 17.2. The maximum absolute atomic E-state index is 13.4. The number of benzene rings is 3. The summed E-state index contributed by atoms with van der Waals surface area (Å²) in [6, 6.07) is 27.0. The van der Waals surface area contributed by atoms with Crippen molar-refractivity contribution in [1.82, 2.24) is 4.98 Å². The highest BCUT2D eigenvalue weighted by Crippen LogP contribution is 2.32. The van der Waals surface area contributed by atoms with Gasteiger partial charge < -0.3 is 14.2 Å². The van der Waals surface area contributed by atoms with Gasteiger partial charge in [0.2, 0.25) is 5.89 Å². The number of rotatable bonds is 5. The molecule has 0 atom stereocenters. The van der Waals surface area contributed by atoms with Crippen molar-refractivity contribution in [3.05, 3.63) is 90.6 Å². The van der Waals surface area contributed by atoms with Crippen LogP contribution in [0.15, 0.2) is 89.3 Å². The van der Waals surface area contributed by atoms with Crippen LogP contribution in [-0.2, 0) is 0 Å². The van der Waals surface area contributed by atoms with Crippen LogP contribution in [0.2, 0.25) is 0 Å². The predicted octanol–water partition coefficient (Wildman–Crippen LogP) is 5.35. The first-order valence-corrected chi connectivity index (χ1v) is 9.71. The summed E-state index contributed by atoms with van der Waals surface area (Å²) in [5.74, 6) is 0.665. The Kier molecular flexibility index (Phi) is 5.35. The minimum atomic E-state index is -0.223. The van der Waals surface area contributed by atoms with Gasteiger partial charge in [-0.25, -0.2) is 4.98 Å². The van der Waals surface area contributed by atoms with Crippen molar-refractivity contribution >= 4 is 17.3 Å². The van der Waals surface area contributed by atoms with Crippen molar-refractivity contribution in [2.45, 2.75) is 0 Å². The van der Waals surface area contributed by atoms with E-state index in [1.54, 1.807) is 11.9 Å². The van der Waals surface area contributed by atoms with Crippen LogP contribution in [0.3, 0.4) is 0 Å². The van der Waals surface area contributed by atoms with E-state index in [2.05, 4.69) is 4.98 Å². The van der Waals surface area contributed by atoms with Gasteiger partial charge in [0.15, 0.2) is 11.5 Å². The van der Waals surface area contributed by atoms with Crippen LogP contribution in [-0.4, -0.2) is 32.0 Å². The van der Waals surface area contributed by atoms with E-state index in [0.29, 0.717) is 11.7 Å². The Morgan fingerprint density at radius 3 is 1.93 bits per heavy atom. The molecule has 1 amide bonds.